The number of amides is 4. The number of urea groups is 2. The van der Waals surface area contributed by atoms with Crippen molar-refractivity contribution in [3.8, 4) is 0 Å². The molecule has 7 heteroatoms. The Morgan fingerprint density at radius 2 is 1.83 bits per heavy atom. The number of imide groups is 1. The van der Waals surface area contributed by atoms with Crippen LogP contribution in [0.15, 0.2) is 54.7 Å². The highest BCUT2D eigenvalue weighted by Gasteiger charge is 2.27. The largest absolute Gasteiger partial charge is 0.340 e. The van der Waals surface area contributed by atoms with Crippen LogP contribution in [0.4, 0.5) is 15.3 Å². The second-order valence-electron chi connectivity index (χ2n) is 4.88. The van der Waals surface area contributed by atoms with E-state index in [4.69, 9.17) is 0 Å². The summed E-state index contributed by atoms with van der Waals surface area (Å²) in [6.45, 7) is -0.0194. The van der Waals surface area contributed by atoms with Crippen LogP contribution in [0.2, 0.25) is 0 Å². The van der Waals surface area contributed by atoms with Crippen LogP contribution < -0.4 is 10.2 Å². The SMILES string of the molecule is CNC(=O)N(C(=O)N(CC=O)Cc1ccccn1)c1ccccc1. The number of carbonyl (C=O) groups excluding carboxylic acids is 3. The van der Waals surface area contributed by atoms with Gasteiger partial charge in [-0.1, -0.05) is 24.3 Å². The molecule has 2 rings (SSSR count). The Balaban J connectivity index is 2.30. The molecule has 2 aromatic rings. The van der Waals surface area contributed by atoms with Crippen molar-refractivity contribution in [2.75, 3.05) is 18.5 Å². The number of rotatable bonds is 5. The van der Waals surface area contributed by atoms with Crippen LogP contribution in [0, 0.1) is 0 Å². The number of nitrogens with zero attached hydrogens (tertiary/aromatic N) is 3. The van der Waals surface area contributed by atoms with E-state index < -0.39 is 12.1 Å². The molecule has 0 aliphatic heterocycles. The second kappa shape index (κ2) is 8.42. The van der Waals surface area contributed by atoms with Crippen molar-refractivity contribution >= 4 is 24.0 Å². The minimum atomic E-state index is -0.599. The van der Waals surface area contributed by atoms with Crippen LogP contribution in [-0.2, 0) is 11.3 Å². The molecular weight excluding hydrogens is 308 g/mol. The molecule has 0 spiro atoms. The lowest BCUT2D eigenvalue weighted by Gasteiger charge is -2.27. The zero-order valence-corrected chi connectivity index (χ0v) is 13.3. The zero-order chi connectivity index (χ0) is 17.4. The molecule has 1 aromatic heterocycles. The molecular formula is C17H18N4O3. The summed E-state index contributed by atoms with van der Waals surface area (Å²) in [6.07, 6.45) is 2.22. The molecule has 0 atom stereocenters. The van der Waals surface area contributed by atoms with E-state index >= 15 is 0 Å². The average molecular weight is 326 g/mol. The van der Waals surface area contributed by atoms with Gasteiger partial charge in [-0.25, -0.2) is 14.5 Å². The first-order chi connectivity index (χ1) is 11.7. The molecule has 124 valence electrons. The van der Waals surface area contributed by atoms with Crippen LogP contribution in [-0.4, -0.2) is 41.8 Å². The summed E-state index contributed by atoms with van der Waals surface area (Å²) >= 11 is 0. The predicted octanol–water partition coefficient (Wildman–Crippen LogP) is 2.05. The van der Waals surface area contributed by atoms with Crippen LogP contribution >= 0.6 is 0 Å². The minimum absolute atomic E-state index is 0.124. The lowest BCUT2D eigenvalue weighted by Crippen LogP contribution is -2.50. The summed E-state index contributed by atoms with van der Waals surface area (Å²) in [7, 11) is 1.44. The number of hydrogen-bond acceptors (Lipinski definition) is 4. The number of hydrogen-bond donors (Lipinski definition) is 1. The van der Waals surface area contributed by atoms with Gasteiger partial charge in [-0.15, -0.1) is 0 Å². The first kappa shape index (κ1) is 17.1. The predicted molar refractivity (Wildman–Crippen MR) is 89.5 cm³/mol. The van der Waals surface area contributed by atoms with Crippen molar-refractivity contribution in [1.29, 1.82) is 0 Å². The highest BCUT2D eigenvalue weighted by atomic mass is 16.2. The van der Waals surface area contributed by atoms with Crippen LogP contribution in [0.3, 0.4) is 0 Å². The standard InChI is InChI=1S/C17H18N4O3/c1-18-16(23)21(15-8-3-2-4-9-15)17(24)20(11-12-22)13-14-7-5-6-10-19-14/h2-10,12H,11,13H2,1H3,(H,18,23). The number of aldehydes is 1. The molecule has 0 saturated heterocycles. The molecule has 0 fully saturated rings. The van der Waals surface area contributed by atoms with Crippen LogP contribution in [0.5, 0.6) is 0 Å². The number of anilines is 1. The molecule has 1 heterocycles. The normalized spacial score (nSPS) is 9.88. The van der Waals surface area contributed by atoms with Gasteiger partial charge in [0, 0.05) is 13.2 Å². The fraction of sp³-hybridized carbons (Fsp3) is 0.176. The maximum absolute atomic E-state index is 12.8. The molecule has 0 radical (unpaired) electrons. The lowest BCUT2D eigenvalue weighted by atomic mass is 10.3. The monoisotopic (exact) mass is 326 g/mol. The van der Waals surface area contributed by atoms with Gasteiger partial charge < -0.3 is 15.0 Å². The third-order valence-electron chi connectivity index (χ3n) is 3.27. The number of para-hydroxylation sites is 1. The summed E-state index contributed by atoms with van der Waals surface area (Å²) in [6, 6.07) is 12.6. The number of nitrogens with one attached hydrogen (secondary N) is 1. The van der Waals surface area contributed by atoms with Crippen molar-refractivity contribution < 1.29 is 14.4 Å². The van der Waals surface area contributed by atoms with Gasteiger partial charge in [0.05, 0.1) is 24.5 Å². The molecule has 7 nitrogen and oxygen atoms in total. The van der Waals surface area contributed by atoms with Crippen LogP contribution in [0.25, 0.3) is 0 Å². The Kier molecular flexibility index (Phi) is 6.01. The molecule has 0 saturated carbocycles. The van der Waals surface area contributed by atoms with Gasteiger partial charge in [0.25, 0.3) is 0 Å². The summed E-state index contributed by atoms with van der Waals surface area (Å²) in [5, 5.41) is 2.44. The molecule has 0 aliphatic rings. The number of pyridine rings is 1. The molecule has 0 unspecified atom stereocenters. The fourth-order valence-electron chi connectivity index (χ4n) is 2.13. The maximum Gasteiger partial charge on any atom is 0.333 e. The van der Waals surface area contributed by atoms with E-state index in [2.05, 4.69) is 10.3 Å². The highest BCUT2D eigenvalue weighted by molar-refractivity contribution is 6.13. The molecule has 0 bridgehead atoms. The van der Waals surface area contributed by atoms with E-state index in [0.717, 1.165) is 4.90 Å². The molecule has 1 aromatic carbocycles. The van der Waals surface area contributed by atoms with Gasteiger partial charge in [-0.05, 0) is 24.3 Å². The van der Waals surface area contributed by atoms with Crippen LogP contribution in [0.1, 0.15) is 5.69 Å². The van der Waals surface area contributed by atoms with Gasteiger partial charge in [0.2, 0.25) is 0 Å². The van der Waals surface area contributed by atoms with E-state index in [0.29, 0.717) is 17.7 Å². The Morgan fingerprint density at radius 1 is 1.12 bits per heavy atom. The number of benzene rings is 1. The average Bonchev–Trinajstić information content (AvgIpc) is 2.63. The van der Waals surface area contributed by atoms with E-state index in [1.807, 2.05) is 0 Å². The molecule has 0 aliphatic carbocycles. The number of aromatic nitrogens is 1. The number of carbonyl (C=O) groups is 3. The van der Waals surface area contributed by atoms with E-state index in [9.17, 15) is 14.4 Å². The maximum atomic E-state index is 12.8. The van der Waals surface area contributed by atoms with Gasteiger partial charge in [-0.2, -0.15) is 0 Å². The Bertz CT molecular complexity index is 691. The van der Waals surface area contributed by atoms with Gasteiger partial charge in [0.15, 0.2) is 0 Å². The van der Waals surface area contributed by atoms with Gasteiger partial charge in [0.1, 0.15) is 6.29 Å². The van der Waals surface area contributed by atoms with Crippen molar-refractivity contribution in [1.82, 2.24) is 15.2 Å². The Hall–Kier alpha value is -3.22. The minimum Gasteiger partial charge on any atom is -0.340 e. The first-order valence-electron chi connectivity index (χ1n) is 7.36. The third-order valence-corrected chi connectivity index (χ3v) is 3.27. The summed E-state index contributed by atoms with van der Waals surface area (Å²) in [4.78, 5) is 42.4. The van der Waals surface area contributed by atoms with E-state index in [1.54, 1.807) is 54.7 Å². The Labute approximate surface area is 139 Å². The van der Waals surface area contributed by atoms with Crippen molar-refractivity contribution in [3.63, 3.8) is 0 Å². The highest BCUT2D eigenvalue weighted by Crippen LogP contribution is 2.16. The Morgan fingerprint density at radius 3 is 2.42 bits per heavy atom. The summed E-state index contributed by atoms with van der Waals surface area (Å²) < 4.78 is 0. The smallest absolute Gasteiger partial charge is 0.333 e. The van der Waals surface area contributed by atoms with Gasteiger partial charge in [-0.3, -0.25) is 4.98 Å². The second-order valence-corrected chi connectivity index (χ2v) is 4.88. The van der Waals surface area contributed by atoms with Crippen molar-refractivity contribution in [2.24, 2.45) is 0 Å². The summed E-state index contributed by atoms with van der Waals surface area (Å²) in [5.74, 6) is 0. The lowest BCUT2D eigenvalue weighted by molar-refractivity contribution is -0.108. The zero-order valence-electron chi connectivity index (χ0n) is 13.3. The summed E-state index contributed by atoms with van der Waals surface area (Å²) in [5.41, 5.74) is 1.04. The molecule has 24 heavy (non-hydrogen) atoms. The first-order valence-corrected chi connectivity index (χ1v) is 7.36. The van der Waals surface area contributed by atoms with E-state index in [1.165, 1.54) is 11.9 Å². The van der Waals surface area contributed by atoms with Crippen molar-refractivity contribution in [2.45, 2.75) is 6.54 Å². The van der Waals surface area contributed by atoms with Crippen molar-refractivity contribution in [3.05, 3.63) is 60.4 Å². The van der Waals surface area contributed by atoms with Gasteiger partial charge >= 0.3 is 12.1 Å². The fourth-order valence-corrected chi connectivity index (χ4v) is 2.13. The topological polar surface area (TPSA) is 82.6 Å². The van der Waals surface area contributed by atoms with E-state index in [-0.39, 0.29) is 13.1 Å². The molecule has 1 N–H and O–H groups in total. The quantitative estimate of drug-likeness (QED) is 0.853. The third kappa shape index (κ3) is 4.16. The molecule has 4 amide bonds.